The predicted octanol–water partition coefficient (Wildman–Crippen LogP) is 0.793. The molecular formula is C14H21N3O4S. The third-order valence-corrected chi connectivity index (χ3v) is 4.67. The van der Waals surface area contributed by atoms with Crippen molar-refractivity contribution in [1.82, 2.24) is 4.90 Å². The Bertz CT molecular complexity index is 507. The number of thioether (sulfide) groups is 1. The van der Waals surface area contributed by atoms with Crippen molar-refractivity contribution in [3.63, 3.8) is 0 Å². The molecule has 0 aliphatic carbocycles. The molecule has 1 aromatic carbocycles. The predicted molar refractivity (Wildman–Crippen MR) is 86.6 cm³/mol. The molecule has 1 heterocycles. The van der Waals surface area contributed by atoms with Crippen LogP contribution in [0.4, 0.5) is 11.4 Å². The molecule has 0 radical (unpaired) electrons. The molecule has 0 amide bonds. The van der Waals surface area contributed by atoms with Gasteiger partial charge in [-0.15, -0.1) is 11.8 Å². The molecule has 8 heteroatoms. The van der Waals surface area contributed by atoms with E-state index in [1.54, 1.807) is 6.07 Å². The topological polar surface area (TPSA) is 90.1 Å². The SMILES string of the molecule is O=[N+]([O-])c1ccc(N2CCN(CCO)CC2)cc1SCCO. The van der Waals surface area contributed by atoms with Crippen molar-refractivity contribution in [3.05, 3.63) is 28.3 Å². The first-order valence-electron chi connectivity index (χ1n) is 7.26. The fourth-order valence-corrected chi connectivity index (χ4v) is 3.30. The van der Waals surface area contributed by atoms with E-state index < -0.39 is 0 Å². The van der Waals surface area contributed by atoms with E-state index >= 15 is 0 Å². The second-order valence-corrected chi connectivity index (χ2v) is 6.17. The average molecular weight is 327 g/mol. The van der Waals surface area contributed by atoms with E-state index in [9.17, 15) is 10.1 Å². The summed E-state index contributed by atoms with van der Waals surface area (Å²) in [4.78, 5) is 15.7. The molecular weight excluding hydrogens is 306 g/mol. The normalized spacial score (nSPS) is 16.0. The van der Waals surface area contributed by atoms with Crippen LogP contribution < -0.4 is 4.90 Å². The van der Waals surface area contributed by atoms with Gasteiger partial charge in [-0.1, -0.05) is 0 Å². The monoisotopic (exact) mass is 327 g/mol. The quantitative estimate of drug-likeness (QED) is 0.435. The van der Waals surface area contributed by atoms with E-state index in [1.165, 1.54) is 17.8 Å². The smallest absolute Gasteiger partial charge is 0.283 e. The van der Waals surface area contributed by atoms with Gasteiger partial charge < -0.3 is 15.1 Å². The van der Waals surface area contributed by atoms with E-state index in [0.29, 0.717) is 17.2 Å². The Labute approximate surface area is 133 Å². The summed E-state index contributed by atoms with van der Waals surface area (Å²) >= 11 is 1.30. The molecule has 22 heavy (non-hydrogen) atoms. The van der Waals surface area contributed by atoms with Crippen LogP contribution >= 0.6 is 11.8 Å². The van der Waals surface area contributed by atoms with Crippen LogP contribution in [-0.4, -0.2) is 71.7 Å². The third kappa shape index (κ3) is 4.33. The number of anilines is 1. The Kier molecular flexibility index (Phi) is 6.44. The minimum absolute atomic E-state index is 0.00805. The summed E-state index contributed by atoms with van der Waals surface area (Å²) in [6.07, 6.45) is 0. The Hall–Kier alpha value is -1.35. The summed E-state index contributed by atoms with van der Waals surface area (Å²) in [5.74, 6) is 0.439. The number of piperazine rings is 1. The van der Waals surface area contributed by atoms with Gasteiger partial charge in [-0.2, -0.15) is 0 Å². The molecule has 1 aromatic rings. The number of β-amino-alcohol motifs (C(OH)–C–C–N with tert-alkyl or cyclic N) is 1. The lowest BCUT2D eigenvalue weighted by molar-refractivity contribution is -0.387. The number of aliphatic hydroxyl groups is 2. The second kappa shape index (κ2) is 8.33. The summed E-state index contributed by atoms with van der Waals surface area (Å²) in [6.45, 7) is 4.26. The zero-order valence-corrected chi connectivity index (χ0v) is 13.2. The molecule has 1 saturated heterocycles. The van der Waals surface area contributed by atoms with Crippen molar-refractivity contribution in [2.75, 3.05) is 56.6 Å². The standard InChI is InChI=1S/C14H21N3O4S/c18-8-7-15-3-5-16(6-4-15)12-1-2-13(17(20)21)14(11-12)22-10-9-19/h1-2,11,18-19H,3-10H2. The number of benzene rings is 1. The molecule has 7 nitrogen and oxygen atoms in total. The molecule has 122 valence electrons. The third-order valence-electron chi connectivity index (χ3n) is 3.64. The van der Waals surface area contributed by atoms with Crippen LogP contribution in [0.2, 0.25) is 0 Å². The van der Waals surface area contributed by atoms with Gasteiger partial charge in [-0.25, -0.2) is 0 Å². The summed E-state index contributed by atoms with van der Waals surface area (Å²) in [5.41, 5.74) is 1.05. The number of aliphatic hydroxyl groups excluding tert-OH is 2. The summed E-state index contributed by atoms with van der Waals surface area (Å²) in [7, 11) is 0. The largest absolute Gasteiger partial charge is 0.396 e. The summed E-state index contributed by atoms with van der Waals surface area (Å²) < 4.78 is 0. The fourth-order valence-electron chi connectivity index (χ4n) is 2.49. The van der Waals surface area contributed by atoms with Crippen LogP contribution in [0.15, 0.2) is 23.1 Å². The zero-order chi connectivity index (χ0) is 15.9. The van der Waals surface area contributed by atoms with Crippen LogP contribution in [-0.2, 0) is 0 Å². The highest BCUT2D eigenvalue weighted by atomic mass is 32.2. The van der Waals surface area contributed by atoms with Crippen molar-refractivity contribution < 1.29 is 15.1 Å². The second-order valence-electron chi connectivity index (χ2n) is 5.03. The molecule has 1 aliphatic heterocycles. The van der Waals surface area contributed by atoms with Gasteiger partial charge in [-0.05, 0) is 12.1 Å². The zero-order valence-electron chi connectivity index (χ0n) is 12.3. The van der Waals surface area contributed by atoms with Crippen LogP contribution in [0, 0.1) is 10.1 Å². The van der Waals surface area contributed by atoms with Crippen LogP contribution in [0.5, 0.6) is 0 Å². The van der Waals surface area contributed by atoms with E-state index in [2.05, 4.69) is 9.80 Å². The maximum absolute atomic E-state index is 11.1. The molecule has 0 unspecified atom stereocenters. The maximum Gasteiger partial charge on any atom is 0.283 e. The number of hydrogen-bond acceptors (Lipinski definition) is 7. The molecule has 0 aromatic heterocycles. The van der Waals surface area contributed by atoms with Gasteiger partial charge >= 0.3 is 0 Å². The molecule has 2 rings (SSSR count). The molecule has 2 N–H and O–H groups in total. The summed E-state index contributed by atoms with van der Waals surface area (Å²) in [5, 5.41) is 29.0. The van der Waals surface area contributed by atoms with Crippen LogP contribution in [0.1, 0.15) is 0 Å². The first kappa shape index (κ1) is 17.0. The van der Waals surface area contributed by atoms with Gasteiger partial charge in [-0.3, -0.25) is 15.0 Å². The number of nitro benzene ring substituents is 1. The van der Waals surface area contributed by atoms with E-state index in [1.807, 2.05) is 6.07 Å². The Balaban J connectivity index is 2.10. The number of nitro groups is 1. The van der Waals surface area contributed by atoms with Crippen LogP contribution in [0.3, 0.4) is 0 Å². The van der Waals surface area contributed by atoms with E-state index in [4.69, 9.17) is 10.2 Å². The number of rotatable bonds is 7. The molecule has 0 atom stereocenters. The first-order chi connectivity index (χ1) is 10.7. The van der Waals surface area contributed by atoms with Crippen molar-refractivity contribution >= 4 is 23.1 Å². The van der Waals surface area contributed by atoms with E-state index in [-0.39, 0.29) is 23.8 Å². The van der Waals surface area contributed by atoms with Crippen LogP contribution in [0.25, 0.3) is 0 Å². The molecule has 0 spiro atoms. The van der Waals surface area contributed by atoms with E-state index in [0.717, 1.165) is 31.9 Å². The molecule has 1 aliphatic rings. The van der Waals surface area contributed by atoms with Crippen molar-refractivity contribution in [3.8, 4) is 0 Å². The highest BCUT2D eigenvalue weighted by Gasteiger charge is 2.20. The summed E-state index contributed by atoms with van der Waals surface area (Å²) in [6, 6.07) is 5.15. The first-order valence-corrected chi connectivity index (χ1v) is 8.24. The molecule has 1 fully saturated rings. The van der Waals surface area contributed by atoms with Crippen molar-refractivity contribution in [2.24, 2.45) is 0 Å². The minimum Gasteiger partial charge on any atom is -0.396 e. The van der Waals surface area contributed by atoms with Gasteiger partial charge in [0.2, 0.25) is 0 Å². The number of hydrogen-bond donors (Lipinski definition) is 2. The molecule has 0 saturated carbocycles. The van der Waals surface area contributed by atoms with Gasteiger partial charge in [0.05, 0.1) is 23.0 Å². The van der Waals surface area contributed by atoms with Gasteiger partial charge in [0.25, 0.3) is 5.69 Å². The molecule has 0 bridgehead atoms. The van der Waals surface area contributed by atoms with Gasteiger partial charge in [0.1, 0.15) is 0 Å². The lowest BCUT2D eigenvalue weighted by atomic mass is 10.2. The Morgan fingerprint density at radius 3 is 2.50 bits per heavy atom. The van der Waals surface area contributed by atoms with Crippen molar-refractivity contribution in [2.45, 2.75) is 4.90 Å². The van der Waals surface area contributed by atoms with Gasteiger partial charge in [0.15, 0.2) is 0 Å². The van der Waals surface area contributed by atoms with Gasteiger partial charge in [0, 0.05) is 50.2 Å². The fraction of sp³-hybridized carbons (Fsp3) is 0.571. The highest BCUT2D eigenvalue weighted by Crippen LogP contribution is 2.33. The number of nitrogens with zero attached hydrogens (tertiary/aromatic N) is 3. The Morgan fingerprint density at radius 1 is 1.18 bits per heavy atom. The lowest BCUT2D eigenvalue weighted by Crippen LogP contribution is -2.47. The van der Waals surface area contributed by atoms with Crippen molar-refractivity contribution in [1.29, 1.82) is 0 Å². The average Bonchev–Trinajstić information content (AvgIpc) is 2.53. The highest BCUT2D eigenvalue weighted by molar-refractivity contribution is 7.99. The maximum atomic E-state index is 11.1. The Morgan fingerprint density at radius 2 is 1.91 bits per heavy atom. The minimum atomic E-state index is -0.386. The lowest BCUT2D eigenvalue weighted by Gasteiger charge is -2.35.